The molecule has 140 valence electrons. The minimum absolute atomic E-state index is 0.286. The van der Waals surface area contributed by atoms with Gasteiger partial charge >= 0.3 is 0 Å². The lowest BCUT2D eigenvalue weighted by Crippen LogP contribution is -2.42. The van der Waals surface area contributed by atoms with Crippen molar-refractivity contribution in [2.45, 2.75) is 46.1 Å². The van der Waals surface area contributed by atoms with Crippen molar-refractivity contribution in [3.05, 3.63) is 30.0 Å². The molecule has 2 aromatic rings. The number of carbonyl (C=O) groups excluding carboxylic acids is 1. The molecule has 1 N–H and O–H groups in total. The summed E-state index contributed by atoms with van der Waals surface area (Å²) < 4.78 is 5.45. The van der Waals surface area contributed by atoms with E-state index in [1.807, 2.05) is 23.2 Å². The highest BCUT2D eigenvalue weighted by Gasteiger charge is 2.24. The lowest BCUT2D eigenvalue weighted by molar-refractivity contribution is -0.132. The summed E-state index contributed by atoms with van der Waals surface area (Å²) in [5, 5.41) is 4.80. The Kier molecular flexibility index (Phi) is 5.64. The molecule has 1 aromatic carbocycles. The van der Waals surface area contributed by atoms with E-state index in [2.05, 4.69) is 37.1 Å². The molecule has 0 bridgehead atoms. The van der Waals surface area contributed by atoms with E-state index in [1.54, 1.807) is 7.11 Å². The summed E-state index contributed by atoms with van der Waals surface area (Å²) in [5.41, 5.74) is 3.14. The van der Waals surface area contributed by atoms with E-state index in [1.165, 1.54) is 0 Å². The van der Waals surface area contributed by atoms with E-state index in [9.17, 15) is 4.79 Å². The normalized spacial score (nSPS) is 15.5. The van der Waals surface area contributed by atoms with Crippen LogP contribution in [0.5, 0.6) is 5.75 Å². The predicted molar refractivity (Wildman–Crippen MR) is 106 cm³/mol. The number of pyridine rings is 1. The van der Waals surface area contributed by atoms with Crippen LogP contribution in [0.25, 0.3) is 10.9 Å². The molecule has 3 rings (SSSR count). The molecule has 1 fully saturated rings. The van der Waals surface area contributed by atoms with Crippen LogP contribution >= 0.6 is 0 Å². The Labute approximate surface area is 155 Å². The fourth-order valence-corrected chi connectivity index (χ4v) is 3.61. The van der Waals surface area contributed by atoms with Crippen molar-refractivity contribution in [3.8, 4) is 5.75 Å². The Morgan fingerprint density at radius 1 is 1.35 bits per heavy atom. The highest BCUT2D eigenvalue weighted by atomic mass is 16.5. The molecular formula is C21H29N3O2. The molecule has 1 amide bonds. The van der Waals surface area contributed by atoms with Crippen LogP contribution < -0.4 is 10.1 Å². The minimum Gasteiger partial charge on any atom is -0.494 e. The van der Waals surface area contributed by atoms with Gasteiger partial charge in [0.05, 0.1) is 7.11 Å². The van der Waals surface area contributed by atoms with Crippen molar-refractivity contribution >= 4 is 22.5 Å². The summed E-state index contributed by atoms with van der Waals surface area (Å²) in [4.78, 5) is 18.8. The van der Waals surface area contributed by atoms with Gasteiger partial charge in [-0.15, -0.1) is 0 Å². The molecule has 1 aliphatic rings. The largest absolute Gasteiger partial charge is 0.494 e. The number of nitrogens with one attached hydrogen (secondary N) is 1. The number of nitrogens with zero attached hydrogens (tertiary/aromatic N) is 2. The molecule has 1 aromatic heterocycles. The summed E-state index contributed by atoms with van der Waals surface area (Å²) in [6.45, 7) is 7.92. The van der Waals surface area contributed by atoms with Crippen molar-refractivity contribution in [1.82, 2.24) is 9.88 Å². The Morgan fingerprint density at radius 3 is 2.73 bits per heavy atom. The van der Waals surface area contributed by atoms with E-state index in [0.29, 0.717) is 18.4 Å². The summed E-state index contributed by atoms with van der Waals surface area (Å²) in [6, 6.07) is 6.39. The Hall–Kier alpha value is -2.30. The second-order valence-corrected chi connectivity index (χ2v) is 7.57. The van der Waals surface area contributed by atoms with Crippen molar-refractivity contribution in [2.75, 3.05) is 25.5 Å². The number of piperidine rings is 1. The summed E-state index contributed by atoms with van der Waals surface area (Å²) in [7, 11) is 1.67. The van der Waals surface area contributed by atoms with Crippen molar-refractivity contribution in [3.63, 3.8) is 0 Å². The maximum absolute atomic E-state index is 12.3. The van der Waals surface area contributed by atoms with Gasteiger partial charge in [-0.25, -0.2) is 0 Å². The fourth-order valence-electron chi connectivity index (χ4n) is 3.61. The SMILES string of the molecule is COc1cccc2c(NC3CCN(C(=O)CC(C)C)CC3)c(C)cnc12. The van der Waals surface area contributed by atoms with Crippen molar-refractivity contribution < 1.29 is 9.53 Å². The standard InChI is InChI=1S/C21H29N3O2/c1-14(2)12-19(25)24-10-8-16(9-11-24)23-20-15(3)13-22-21-17(20)6-5-7-18(21)26-4/h5-7,13-14,16H,8-12H2,1-4H3,(H,22,23). The topological polar surface area (TPSA) is 54.5 Å². The van der Waals surface area contributed by atoms with Crippen LogP contribution in [0.15, 0.2) is 24.4 Å². The van der Waals surface area contributed by atoms with Gasteiger partial charge in [-0.05, 0) is 37.3 Å². The van der Waals surface area contributed by atoms with Crippen LogP contribution in [0.4, 0.5) is 5.69 Å². The zero-order chi connectivity index (χ0) is 18.7. The first kappa shape index (κ1) is 18.5. The average Bonchev–Trinajstić information content (AvgIpc) is 2.63. The number of amides is 1. The molecule has 1 saturated heterocycles. The lowest BCUT2D eigenvalue weighted by atomic mass is 10.0. The van der Waals surface area contributed by atoms with Gasteiger partial charge in [-0.1, -0.05) is 26.0 Å². The molecule has 0 saturated carbocycles. The number of methoxy groups -OCH3 is 1. The average molecular weight is 355 g/mol. The van der Waals surface area contributed by atoms with Crippen LogP contribution in [0.3, 0.4) is 0 Å². The number of carbonyl (C=O) groups is 1. The molecular weight excluding hydrogens is 326 g/mol. The Morgan fingerprint density at radius 2 is 2.08 bits per heavy atom. The molecule has 5 nitrogen and oxygen atoms in total. The van der Waals surface area contributed by atoms with Gasteiger partial charge in [0.2, 0.25) is 5.91 Å². The number of ether oxygens (including phenoxy) is 1. The van der Waals surface area contributed by atoms with Gasteiger partial charge in [-0.2, -0.15) is 0 Å². The number of hydrogen-bond acceptors (Lipinski definition) is 4. The molecule has 26 heavy (non-hydrogen) atoms. The number of anilines is 1. The van der Waals surface area contributed by atoms with Gasteiger partial charge in [0.25, 0.3) is 0 Å². The molecule has 2 heterocycles. The molecule has 0 atom stereocenters. The number of aromatic nitrogens is 1. The third-order valence-corrected chi connectivity index (χ3v) is 5.05. The van der Waals surface area contributed by atoms with Crippen molar-refractivity contribution in [2.24, 2.45) is 5.92 Å². The van der Waals surface area contributed by atoms with E-state index in [4.69, 9.17) is 4.74 Å². The Bertz CT molecular complexity index is 780. The summed E-state index contributed by atoms with van der Waals surface area (Å²) in [6.07, 6.45) is 4.48. The third-order valence-electron chi connectivity index (χ3n) is 5.05. The highest BCUT2D eigenvalue weighted by Crippen LogP contribution is 2.32. The molecule has 5 heteroatoms. The third kappa shape index (κ3) is 3.92. The zero-order valence-electron chi connectivity index (χ0n) is 16.2. The minimum atomic E-state index is 0.286. The number of aryl methyl sites for hydroxylation is 1. The molecule has 0 spiro atoms. The number of hydrogen-bond donors (Lipinski definition) is 1. The number of likely N-dealkylation sites (tertiary alicyclic amines) is 1. The van der Waals surface area contributed by atoms with Crippen LogP contribution in [0.2, 0.25) is 0 Å². The maximum atomic E-state index is 12.3. The highest BCUT2D eigenvalue weighted by molar-refractivity contribution is 5.96. The molecule has 1 aliphatic heterocycles. The molecule has 0 radical (unpaired) electrons. The summed E-state index contributed by atoms with van der Waals surface area (Å²) in [5.74, 6) is 1.49. The fraction of sp³-hybridized carbons (Fsp3) is 0.524. The zero-order valence-corrected chi connectivity index (χ0v) is 16.2. The number of benzene rings is 1. The second kappa shape index (κ2) is 7.94. The predicted octanol–water partition coefficient (Wildman–Crippen LogP) is 4.00. The Balaban J connectivity index is 1.73. The second-order valence-electron chi connectivity index (χ2n) is 7.57. The van der Waals surface area contributed by atoms with Gasteiger partial charge in [-0.3, -0.25) is 9.78 Å². The van der Waals surface area contributed by atoms with Crippen LogP contribution in [-0.4, -0.2) is 42.0 Å². The van der Waals surface area contributed by atoms with Crippen LogP contribution in [-0.2, 0) is 4.79 Å². The first-order valence-corrected chi connectivity index (χ1v) is 9.46. The van der Waals surface area contributed by atoms with Gasteiger partial charge < -0.3 is 15.0 Å². The van der Waals surface area contributed by atoms with E-state index >= 15 is 0 Å². The first-order chi connectivity index (χ1) is 12.5. The molecule has 0 aliphatic carbocycles. The number of fused-ring (bicyclic) bond motifs is 1. The van der Waals surface area contributed by atoms with Gasteiger partial charge in [0.1, 0.15) is 11.3 Å². The number of rotatable bonds is 5. The lowest BCUT2D eigenvalue weighted by Gasteiger charge is -2.34. The quantitative estimate of drug-likeness (QED) is 0.881. The smallest absolute Gasteiger partial charge is 0.222 e. The molecule has 0 unspecified atom stereocenters. The van der Waals surface area contributed by atoms with Gasteiger partial charge in [0, 0.05) is 42.8 Å². The van der Waals surface area contributed by atoms with Gasteiger partial charge in [0.15, 0.2) is 0 Å². The summed E-state index contributed by atoms with van der Waals surface area (Å²) >= 11 is 0. The van der Waals surface area contributed by atoms with Crippen molar-refractivity contribution in [1.29, 1.82) is 0 Å². The monoisotopic (exact) mass is 355 g/mol. The maximum Gasteiger partial charge on any atom is 0.222 e. The van der Waals surface area contributed by atoms with E-state index in [-0.39, 0.29) is 5.91 Å². The van der Waals surface area contributed by atoms with Crippen LogP contribution in [0, 0.1) is 12.8 Å². The van der Waals surface area contributed by atoms with E-state index < -0.39 is 0 Å². The first-order valence-electron chi connectivity index (χ1n) is 9.46. The number of para-hydroxylation sites is 1. The van der Waals surface area contributed by atoms with Crippen LogP contribution in [0.1, 0.15) is 38.7 Å². The van der Waals surface area contributed by atoms with E-state index in [0.717, 1.165) is 53.8 Å².